The number of nitrogens with one attached hydrogen (secondary N) is 1. The summed E-state index contributed by atoms with van der Waals surface area (Å²) in [5.41, 5.74) is 0.468. The monoisotopic (exact) mass is 277 g/mol. The van der Waals surface area contributed by atoms with Crippen LogP contribution in [0.2, 0.25) is 0 Å². The van der Waals surface area contributed by atoms with Crippen LogP contribution in [0.5, 0.6) is 0 Å². The van der Waals surface area contributed by atoms with E-state index in [1.165, 1.54) is 0 Å². The molecule has 2 heterocycles. The summed E-state index contributed by atoms with van der Waals surface area (Å²) < 4.78 is 11.0. The van der Waals surface area contributed by atoms with Gasteiger partial charge in [-0.1, -0.05) is 0 Å². The topological polar surface area (TPSA) is 78.4 Å². The van der Waals surface area contributed by atoms with Crippen LogP contribution in [-0.2, 0) is 9.47 Å². The standard InChI is InChI=1S/C14H19N3O3/c1-14(2)9-17(7-12(20-14)8-19-3)13(18)10-4-11(5-15)16-6-10/h4,6,12,16H,7-9H2,1-3H3/t12-/m0/s1. The summed E-state index contributed by atoms with van der Waals surface area (Å²) in [5.74, 6) is -0.0970. The molecule has 1 N–H and O–H groups in total. The lowest BCUT2D eigenvalue weighted by molar-refractivity contribution is -0.143. The molecule has 20 heavy (non-hydrogen) atoms. The van der Waals surface area contributed by atoms with Gasteiger partial charge in [-0.25, -0.2) is 0 Å². The number of carbonyl (C=O) groups is 1. The highest BCUT2D eigenvalue weighted by Crippen LogP contribution is 2.23. The highest BCUT2D eigenvalue weighted by molar-refractivity contribution is 5.94. The van der Waals surface area contributed by atoms with Crippen molar-refractivity contribution >= 4 is 5.91 Å². The average molecular weight is 277 g/mol. The molecule has 6 nitrogen and oxygen atoms in total. The quantitative estimate of drug-likeness (QED) is 0.899. The van der Waals surface area contributed by atoms with Crippen LogP contribution in [0.3, 0.4) is 0 Å². The Morgan fingerprint density at radius 1 is 1.70 bits per heavy atom. The van der Waals surface area contributed by atoms with E-state index >= 15 is 0 Å². The Bertz CT molecular complexity index is 530. The van der Waals surface area contributed by atoms with Gasteiger partial charge in [0.15, 0.2) is 0 Å². The predicted octanol–water partition coefficient (Wildman–Crippen LogP) is 1.15. The minimum absolute atomic E-state index is 0.0970. The number of aromatic nitrogens is 1. The number of amides is 1. The molecule has 1 aromatic heterocycles. The first-order chi connectivity index (χ1) is 9.45. The van der Waals surface area contributed by atoms with E-state index in [9.17, 15) is 4.79 Å². The third kappa shape index (κ3) is 3.18. The zero-order valence-electron chi connectivity index (χ0n) is 12.0. The highest BCUT2D eigenvalue weighted by Gasteiger charge is 2.36. The second-order valence-corrected chi connectivity index (χ2v) is 5.55. The largest absolute Gasteiger partial charge is 0.382 e. The van der Waals surface area contributed by atoms with Crippen molar-refractivity contribution in [3.8, 4) is 6.07 Å². The van der Waals surface area contributed by atoms with Gasteiger partial charge in [0, 0.05) is 26.4 Å². The zero-order chi connectivity index (χ0) is 14.8. The number of nitriles is 1. The number of methoxy groups -OCH3 is 1. The van der Waals surface area contributed by atoms with Gasteiger partial charge in [-0.05, 0) is 19.9 Å². The first-order valence-electron chi connectivity index (χ1n) is 6.50. The molecule has 6 heteroatoms. The Hall–Kier alpha value is -1.84. The lowest BCUT2D eigenvalue weighted by Gasteiger charge is -2.42. The number of nitrogens with zero attached hydrogens (tertiary/aromatic N) is 2. The highest BCUT2D eigenvalue weighted by atomic mass is 16.5. The lowest BCUT2D eigenvalue weighted by Crippen LogP contribution is -2.55. The molecule has 0 aliphatic carbocycles. The van der Waals surface area contributed by atoms with Crippen LogP contribution >= 0.6 is 0 Å². The van der Waals surface area contributed by atoms with Gasteiger partial charge in [0.25, 0.3) is 5.91 Å². The van der Waals surface area contributed by atoms with Crippen LogP contribution in [0.1, 0.15) is 29.9 Å². The molecule has 108 valence electrons. The normalized spacial score (nSPS) is 21.5. The fourth-order valence-electron chi connectivity index (χ4n) is 2.49. The van der Waals surface area contributed by atoms with E-state index < -0.39 is 5.60 Å². The summed E-state index contributed by atoms with van der Waals surface area (Å²) in [6.07, 6.45) is 1.43. The van der Waals surface area contributed by atoms with Crippen LogP contribution in [0.25, 0.3) is 0 Å². The first kappa shape index (κ1) is 14.6. The summed E-state index contributed by atoms with van der Waals surface area (Å²) in [4.78, 5) is 17.0. The van der Waals surface area contributed by atoms with Gasteiger partial charge in [-0.2, -0.15) is 5.26 Å². The molecule has 0 radical (unpaired) electrons. The minimum atomic E-state index is -0.411. The van der Waals surface area contributed by atoms with Crippen molar-refractivity contribution in [2.75, 3.05) is 26.8 Å². The molecule has 1 aliphatic heterocycles. The van der Waals surface area contributed by atoms with Crippen LogP contribution in [0.4, 0.5) is 0 Å². The summed E-state index contributed by atoms with van der Waals surface area (Å²) in [5, 5.41) is 8.80. The Labute approximate surface area is 118 Å². The summed E-state index contributed by atoms with van der Waals surface area (Å²) in [6, 6.07) is 3.55. The van der Waals surface area contributed by atoms with Crippen molar-refractivity contribution in [3.63, 3.8) is 0 Å². The zero-order valence-corrected chi connectivity index (χ0v) is 12.0. The number of H-pyrrole nitrogens is 1. The second-order valence-electron chi connectivity index (χ2n) is 5.55. The molecule has 0 aromatic carbocycles. The molecule has 2 rings (SSSR count). The number of carbonyl (C=O) groups excluding carboxylic acids is 1. The molecule has 1 aromatic rings. The number of aromatic amines is 1. The maximum absolute atomic E-state index is 12.5. The fraction of sp³-hybridized carbons (Fsp3) is 0.571. The van der Waals surface area contributed by atoms with E-state index in [2.05, 4.69) is 4.98 Å². The lowest BCUT2D eigenvalue weighted by atomic mass is 10.0. The van der Waals surface area contributed by atoms with Crippen molar-refractivity contribution in [1.29, 1.82) is 5.26 Å². The van der Waals surface area contributed by atoms with E-state index in [-0.39, 0.29) is 12.0 Å². The molecular weight excluding hydrogens is 258 g/mol. The van der Waals surface area contributed by atoms with Gasteiger partial charge in [0.2, 0.25) is 0 Å². The summed E-state index contributed by atoms with van der Waals surface area (Å²) in [6.45, 7) is 5.35. The summed E-state index contributed by atoms with van der Waals surface area (Å²) >= 11 is 0. The minimum Gasteiger partial charge on any atom is -0.382 e. The Morgan fingerprint density at radius 2 is 2.45 bits per heavy atom. The van der Waals surface area contributed by atoms with E-state index in [0.717, 1.165) is 0 Å². The molecular formula is C14H19N3O3. The maximum Gasteiger partial charge on any atom is 0.255 e. The number of hydrogen-bond donors (Lipinski definition) is 1. The van der Waals surface area contributed by atoms with Crippen LogP contribution in [-0.4, -0.2) is 54.3 Å². The van der Waals surface area contributed by atoms with Gasteiger partial charge < -0.3 is 19.4 Å². The molecule has 1 atom stereocenters. The van der Waals surface area contributed by atoms with Gasteiger partial charge in [-0.15, -0.1) is 0 Å². The molecule has 0 unspecified atom stereocenters. The van der Waals surface area contributed by atoms with E-state index in [1.54, 1.807) is 24.3 Å². The van der Waals surface area contributed by atoms with Gasteiger partial charge >= 0.3 is 0 Å². The van der Waals surface area contributed by atoms with Crippen molar-refractivity contribution < 1.29 is 14.3 Å². The van der Waals surface area contributed by atoms with Crippen LogP contribution in [0, 0.1) is 11.3 Å². The first-order valence-corrected chi connectivity index (χ1v) is 6.50. The van der Waals surface area contributed by atoms with Crippen molar-refractivity contribution in [2.24, 2.45) is 0 Å². The second kappa shape index (κ2) is 5.65. The molecule has 1 saturated heterocycles. The Kier molecular flexibility index (Phi) is 4.12. The van der Waals surface area contributed by atoms with E-state index in [0.29, 0.717) is 31.0 Å². The predicted molar refractivity (Wildman–Crippen MR) is 72.2 cm³/mol. The Balaban J connectivity index is 2.14. The van der Waals surface area contributed by atoms with E-state index in [4.69, 9.17) is 14.7 Å². The number of hydrogen-bond acceptors (Lipinski definition) is 4. The third-order valence-electron chi connectivity index (χ3n) is 3.17. The number of rotatable bonds is 3. The average Bonchev–Trinajstić information content (AvgIpc) is 2.85. The fourth-order valence-corrected chi connectivity index (χ4v) is 2.49. The van der Waals surface area contributed by atoms with Crippen LogP contribution < -0.4 is 0 Å². The molecule has 1 aliphatic rings. The van der Waals surface area contributed by atoms with E-state index in [1.807, 2.05) is 19.9 Å². The molecule has 1 amide bonds. The van der Waals surface area contributed by atoms with Crippen LogP contribution in [0.15, 0.2) is 12.3 Å². The van der Waals surface area contributed by atoms with Crippen molar-refractivity contribution in [1.82, 2.24) is 9.88 Å². The summed E-state index contributed by atoms with van der Waals surface area (Å²) in [7, 11) is 1.61. The smallest absolute Gasteiger partial charge is 0.255 e. The van der Waals surface area contributed by atoms with Gasteiger partial charge in [0.1, 0.15) is 11.8 Å². The SMILES string of the molecule is COC[C@@H]1CN(C(=O)c2c[nH]c(C#N)c2)CC(C)(C)O1. The molecule has 0 saturated carbocycles. The van der Waals surface area contributed by atoms with Crippen molar-refractivity contribution in [3.05, 3.63) is 23.5 Å². The molecule has 1 fully saturated rings. The number of morpholine rings is 1. The molecule has 0 bridgehead atoms. The van der Waals surface area contributed by atoms with Crippen molar-refractivity contribution in [2.45, 2.75) is 25.6 Å². The Morgan fingerprint density at radius 3 is 3.05 bits per heavy atom. The maximum atomic E-state index is 12.5. The van der Waals surface area contributed by atoms with Gasteiger partial charge in [-0.3, -0.25) is 4.79 Å². The third-order valence-corrected chi connectivity index (χ3v) is 3.17. The number of ether oxygens (including phenoxy) is 2. The van der Waals surface area contributed by atoms with Gasteiger partial charge in [0.05, 0.1) is 23.9 Å². The molecule has 0 spiro atoms.